The number of hydrogen-bond acceptors (Lipinski definition) is 2. The molecule has 0 amide bonds. The molecule has 5 heteroatoms. The first-order chi connectivity index (χ1) is 10.3. The van der Waals surface area contributed by atoms with Crippen LogP contribution in [-0.4, -0.2) is 8.42 Å². The molecule has 1 N–H and O–H groups in total. The molecule has 1 unspecified atom stereocenters. The molecule has 22 heavy (non-hydrogen) atoms. The molecule has 0 fully saturated rings. The molecule has 0 radical (unpaired) electrons. The number of aryl methyl sites for hydroxylation is 2. The fraction of sp³-hybridized carbons (Fsp3) is 0.294. The van der Waals surface area contributed by atoms with Crippen LogP contribution in [0.25, 0.3) is 0 Å². The van der Waals surface area contributed by atoms with Gasteiger partial charge in [0.1, 0.15) is 5.82 Å². The lowest BCUT2D eigenvalue weighted by Crippen LogP contribution is -2.27. The molecule has 2 rings (SSSR count). The van der Waals surface area contributed by atoms with Crippen molar-refractivity contribution >= 4 is 10.0 Å². The van der Waals surface area contributed by atoms with Gasteiger partial charge in [-0.2, -0.15) is 0 Å². The van der Waals surface area contributed by atoms with Gasteiger partial charge in [0, 0.05) is 6.04 Å². The second-order valence-electron chi connectivity index (χ2n) is 5.35. The van der Waals surface area contributed by atoms with E-state index in [0.29, 0.717) is 5.56 Å². The lowest BCUT2D eigenvalue weighted by Gasteiger charge is -2.15. The number of hydrogen-bond donors (Lipinski definition) is 1. The summed E-state index contributed by atoms with van der Waals surface area (Å²) in [5, 5.41) is 0. The molecule has 0 bridgehead atoms. The van der Waals surface area contributed by atoms with Gasteiger partial charge >= 0.3 is 0 Å². The van der Waals surface area contributed by atoms with Crippen LogP contribution in [0.4, 0.5) is 4.39 Å². The van der Waals surface area contributed by atoms with Crippen LogP contribution in [0.2, 0.25) is 0 Å². The summed E-state index contributed by atoms with van der Waals surface area (Å²) in [6.07, 6.45) is 0.940. The van der Waals surface area contributed by atoms with Crippen LogP contribution < -0.4 is 4.72 Å². The summed E-state index contributed by atoms with van der Waals surface area (Å²) in [6.45, 7) is 5.40. The van der Waals surface area contributed by atoms with Crippen LogP contribution in [0, 0.1) is 12.7 Å². The number of benzene rings is 2. The Bertz CT molecular complexity index is 755. The van der Waals surface area contributed by atoms with Crippen LogP contribution in [0.5, 0.6) is 0 Å². The molecule has 0 aliphatic carbocycles. The highest BCUT2D eigenvalue weighted by Gasteiger charge is 2.19. The van der Waals surface area contributed by atoms with Gasteiger partial charge in [-0.05, 0) is 55.2 Å². The van der Waals surface area contributed by atoms with Crippen molar-refractivity contribution in [2.45, 2.75) is 38.1 Å². The lowest BCUT2D eigenvalue weighted by atomic mass is 10.1. The molecule has 0 aliphatic rings. The Kier molecular flexibility index (Phi) is 4.98. The number of nitrogens with one attached hydrogen (secondary N) is 1. The third kappa shape index (κ3) is 3.72. The van der Waals surface area contributed by atoms with Gasteiger partial charge in [-0.3, -0.25) is 0 Å². The van der Waals surface area contributed by atoms with E-state index in [9.17, 15) is 12.8 Å². The quantitative estimate of drug-likeness (QED) is 0.912. The molecule has 118 valence electrons. The van der Waals surface area contributed by atoms with Gasteiger partial charge in [0.15, 0.2) is 0 Å². The second-order valence-corrected chi connectivity index (χ2v) is 7.06. The molecule has 0 saturated heterocycles. The van der Waals surface area contributed by atoms with Crippen molar-refractivity contribution < 1.29 is 12.8 Å². The summed E-state index contributed by atoms with van der Waals surface area (Å²) in [5.74, 6) is -0.415. The maximum atomic E-state index is 13.3. The molecule has 1 atom stereocenters. The highest BCUT2D eigenvalue weighted by molar-refractivity contribution is 7.89. The zero-order chi connectivity index (χ0) is 16.3. The average molecular weight is 321 g/mol. The highest BCUT2D eigenvalue weighted by Crippen LogP contribution is 2.19. The van der Waals surface area contributed by atoms with E-state index in [2.05, 4.69) is 11.6 Å². The first kappa shape index (κ1) is 16.6. The molecule has 0 aromatic heterocycles. The van der Waals surface area contributed by atoms with Crippen LogP contribution in [0.1, 0.15) is 36.6 Å². The minimum absolute atomic E-state index is 0.0726. The monoisotopic (exact) mass is 321 g/mol. The molecule has 2 aromatic carbocycles. The summed E-state index contributed by atoms with van der Waals surface area (Å²) in [6, 6.07) is 11.2. The maximum Gasteiger partial charge on any atom is 0.241 e. The maximum absolute atomic E-state index is 13.3. The summed E-state index contributed by atoms with van der Waals surface area (Å²) >= 11 is 0. The fourth-order valence-electron chi connectivity index (χ4n) is 2.20. The molecule has 0 spiro atoms. The third-order valence-corrected chi connectivity index (χ3v) is 5.20. The highest BCUT2D eigenvalue weighted by atomic mass is 32.2. The average Bonchev–Trinajstić information content (AvgIpc) is 2.49. The van der Waals surface area contributed by atoms with Crippen LogP contribution in [0.15, 0.2) is 47.4 Å². The predicted molar refractivity (Wildman–Crippen MR) is 85.7 cm³/mol. The normalized spacial score (nSPS) is 13.1. The Hall–Kier alpha value is -1.72. The van der Waals surface area contributed by atoms with Crippen LogP contribution in [-0.2, 0) is 16.4 Å². The minimum atomic E-state index is -3.68. The van der Waals surface area contributed by atoms with Crippen molar-refractivity contribution in [2.24, 2.45) is 0 Å². The molecular weight excluding hydrogens is 301 g/mol. The SMILES string of the molecule is CCc1ccc(C(C)NS(=O)(=O)c2ccc(F)c(C)c2)cc1. The zero-order valence-electron chi connectivity index (χ0n) is 12.9. The van der Waals surface area contributed by atoms with Crippen LogP contribution >= 0.6 is 0 Å². The van der Waals surface area contributed by atoms with Gasteiger partial charge in [-0.1, -0.05) is 31.2 Å². The molecular formula is C17H20FNO2S. The predicted octanol–water partition coefficient (Wildman–Crippen LogP) is 3.74. The second kappa shape index (κ2) is 6.58. The van der Waals surface area contributed by atoms with E-state index >= 15 is 0 Å². The van der Waals surface area contributed by atoms with Crippen molar-refractivity contribution in [1.29, 1.82) is 0 Å². The summed E-state index contributed by atoms with van der Waals surface area (Å²) < 4.78 is 40.6. The van der Waals surface area contributed by atoms with E-state index in [0.717, 1.165) is 12.0 Å². The Morgan fingerprint density at radius 3 is 2.32 bits per heavy atom. The Morgan fingerprint density at radius 1 is 1.14 bits per heavy atom. The van der Waals surface area contributed by atoms with Gasteiger partial charge in [-0.25, -0.2) is 17.5 Å². The largest absolute Gasteiger partial charge is 0.241 e. The topological polar surface area (TPSA) is 46.2 Å². The van der Waals surface area contributed by atoms with Crippen molar-refractivity contribution in [3.8, 4) is 0 Å². The molecule has 3 nitrogen and oxygen atoms in total. The van der Waals surface area contributed by atoms with Gasteiger partial charge in [0.25, 0.3) is 0 Å². The number of sulfonamides is 1. The third-order valence-electron chi connectivity index (χ3n) is 3.66. The van der Waals surface area contributed by atoms with Gasteiger partial charge in [-0.15, -0.1) is 0 Å². The van der Waals surface area contributed by atoms with E-state index in [1.807, 2.05) is 24.3 Å². The van der Waals surface area contributed by atoms with E-state index in [1.54, 1.807) is 13.8 Å². The van der Waals surface area contributed by atoms with Crippen molar-refractivity contribution in [2.75, 3.05) is 0 Å². The zero-order valence-corrected chi connectivity index (χ0v) is 13.7. The Morgan fingerprint density at radius 2 is 1.77 bits per heavy atom. The molecule has 0 heterocycles. The Labute approximate surface area is 131 Å². The van der Waals surface area contributed by atoms with Gasteiger partial charge in [0.05, 0.1) is 4.90 Å². The number of rotatable bonds is 5. The minimum Gasteiger partial charge on any atom is -0.207 e. The van der Waals surface area contributed by atoms with E-state index in [-0.39, 0.29) is 10.9 Å². The van der Waals surface area contributed by atoms with Gasteiger partial charge in [0.2, 0.25) is 10.0 Å². The van der Waals surface area contributed by atoms with Crippen molar-refractivity contribution in [1.82, 2.24) is 4.72 Å². The first-order valence-electron chi connectivity index (χ1n) is 7.21. The smallest absolute Gasteiger partial charge is 0.207 e. The summed E-state index contributed by atoms with van der Waals surface area (Å²) in [7, 11) is -3.68. The lowest BCUT2D eigenvalue weighted by molar-refractivity contribution is 0.566. The van der Waals surface area contributed by atoms with E-state index in [4.69, 9.17) is 0 Å². The fourth-order valence-corrected chi connectivity index (χ4v) is 3.51. The van der Waals surface area contributed by atoms with E-state index in [1.165, 1.54) is 23.8 Å². The molecule has 0 aliphatic heterocycles. The number of halogens is 1. The van der Waals surface area contributed by atoms with Crippen molar-refractivity contribution in [3.05, 3.63) is 65.0 Å². The standard InChI is InChI=1S/C17H20FNO2S/c1-4-14-5-7-15(8-6-14)13(3)19-22(20,21)16-9-10-17(18)12(2)11-16/h5-11,13,19H,4H2,1-3H3. The molecule has 0 saturated carbocycles. The summed E-state index contributed by atoms with van der Waals surface area (Å²) in [5.41, 5.74) is 2.40. The van der Waals surface area contributed by atoms with E-state index < -0.39 is 15.8 Å². The first-order valence-corrected chi connectivity index (χ1v) is 8.69. The Balaban J connectivity index is 2.21. The van der Waals surface area contributed by atoms with Gasteiger partial charge < -0.3 is 0 Å². The van der Waals surface area contributed by atoms with Crippen LogP contribution in [0.3, 0.4) is 0 Å². The molecule has 2 aromatic rings. The summed E-state index contributed by atoms with van der Waals surface area (Å²) in [4.78, 5) is 0.0726. The van der Waals surface area contributed by atoms with Crippen molar-refractivity contribution in [3.63, 3.8) is 0 Å².